The third-order valence-corrected chi connectivity index (χ3v) is 5.93. The van der Waals surface area contributed by atoms with Gasteiger partial charge in [0.15, 0.2) is 0 Å². The van der Waals surface area contributed by atoms with E-state index >= 15 is 0 Å². The Labute approximate surface area is 186 Å². The first-order valence-electron chi connectivity index (χ1n) is 10.2. The van der Waals surface area contributed by atoms with Gasteiger partial charge in [-0.25, -0.2) is 0 Å². The number of ether oxygens (including phenoxy) is 2. The van der Waals surface area contributed by atoms with Crippen molar-refractivity contribution in [3.63, 3.8) is 0 Å². The van der Waals surface area contributed by atoms with Crippen LogP contribution in [0.25, 0.3) is 11.0 Å². The van der Waals surface area contributed by atoms with Gasteiger partial charge in [-0.15, -0.1) is 0 Å². The van der Waals surface area contributed by atoms with E-state index in [2.05, 4.69) is 26.2 Å². The molecule has 2 heterocycles. The fourth-order valence-corrected chi connectivity index (χ4v) is 4.27. The molecule has 2 aromatic carbocycles. The van der Waals surface area contributed by atoms with Gasteiger partial charge in [-0.1, -0.05) is 35.3 Å². The lowest BCUT2D eigenvalue weighted by atomic mass is 10.3. The van der Waals surface area contributed by atoms with Crippen molar-refractivity contribution in [1.82, 2.24) is 14.0 Å². The number of hydrogen-bond acceptors (Lipinski definition) is 4. The quantitative estimate of drug-likeness (QED) is 0.529. The van der Waals surface area contributed by atoms with Crippen LogP contribution in [0.3, 0.4) is 0 Å². The molecule has 0 bridgehead atoms. The van der Waals surface area contributed by atoms with Crippen molar-refractivity contribution in [3.05, 3.63) is 58.1 Å². The van der Waals surface area contributed by atoms with Gasteiger partial charge in [-0.3, -0.25) is 10.3 Å². The lowest BCUT2D eigenvalue weighted by Crippen LogP contribution is -2.39. The predicted molar refractivity (Wildman–Crippen MR) is 120 cm³/mol. The smallest absolute Gasteiger partial charge is 0.203 e. The van der Waals surface area contributed by atoms with Gasteiger partial charge in [-0.05, 0) is 36.8 Å². The van der Waals surface area contributed by atoms with Crippen LogP contribution in [0.5, 0.6) is 5.75 Å². The number of nitrogens with one attached hydrogen (secondary N) is 1. The molecule has 30 heavy (non-hydrogen) atoms. The highest BCUT2D eigenvalue weighted by Gasteiger charge is 2.14. The minimum absolute atomic E-state index is 0.510. The summed E-state index contributed by atoms with van der Waals surface area (Å²) in [7, 11) is 0. The van der Waals surface area contributed by atoms with Crippen molar-refractivity contribution < 1.29 is 9.47 Å². The highest BCUT2D eigenvalue weighted by molar-refractivity contribution is 6.35. The Morgan fingerprint density at radius 2 is 1.63 bits per heavy atom. The maximum atomic E-state index is 8.76. The zero-order valence-electron chi connectivity index (χ0n) is 16.8. The fraction of sp³-hybridized carbons (Fsp3) is 0.409. The summed E-state index contributed by atoms with van der Waals surface area (Å²) in [6.45, 7) is 6.43. The average molecular weight is 449 g/mol. The van der Waals surface area contributed by atoms with Gasteiger partial charge in [0.25, 0.3) is 0 Å². The second-order valence-electron chi connectivity index (χ2n) is 7.35. The Bertz CT molecular complexity index is 1060. The second kappa shape index (κ2) is 9.88. The molecule has 160 valence electrons. The molecule has 0 aliphatic carbocycles. The van der Waals surface area contributed by atoms with Crippen LogP contribution in [0.2, 0.25) is 10.0 Å². The van der Waals surface area contributed by atoms with Gasteiger partial charge < -0.3 is 18.6 Å². The molecule has 1 aromatic heterocycles. The Morgan fingerprint density at radius 1 is 0.933 bits per heavy atom. The summed E-state index contributed by atoms with van der Waals surface area (Å²) in [6.07, 6.45) is 0.771. The maximum absolute atomic E-state index is 8.76. The summed E-state index contributed by atoms with van der Waals surface area (Å²) in [6, 6.07) is 13.4. The van der Waals surface area contributed by atoms with E-state index in [1.54, 1.807) is 18.2 Å². The van der Waals surface area contributed by atoms with Gasteiger partial charge in [0.2, 0.25) is 5.62 Å². The monoisotopic (exact) mass is 448 g/mol. The molecule has 6 nitrogen and oxygen atoms in total. The number of morpholine rings is 1. The largest absolute Gasteiger partial charge is 0.492 e. The lowest BCUT2D eigenvalue weighted by Gasteiger charge is -2.26. The van der Waals surface area contributed by atoms with E-state index in [1.807, 2.05) is 12.1 Å². The van der Waals surface area contributed by atoms with Crippen molar-refractivity contribution >= 4 is 34.2 Å². The zero-order valence-corrected chi connectivity index (χ0v) is 18.3. The summed E-state index contributed by atoms with van der Waals surface area (Å²) < 4.78 is 15.4. The molecule has 8 heteroatoms. The maximum Gasteiger partial charge on any atom is 0.203 e. The third kappa shape index (κ3) is 4.83. The highest BCUT2D eigenvalue weighted by Crippen LogP contribution is 2.27. The van der Waals surface area contributed by atoms with Gasteiger partial charge in [0.1, 0.15) is 5.75 Å². The van der Waals surface area contributed by atoms with Crippen molar-refractivity contribution in [2.24, 2.45) is 0 Å². The molecule has 0 unspecified atom stereocenters. The Hall–Kier alpha value is -1.99. The van der Waals surface area contributed by atoms with Gasteiger partial charge in [0.05, 0.1) is 35.9 Å². The molecule has 0 amide bonds. The molecule has 1 aliphatic heterocycles. The fourth-order valence-electron chi connectivity index (χ4n) is 3.81. The molecule has 1 saturated heterocycles. The number of fused-ring (bicyclic) bond motifs is 1. The van der Waals surface area contributed by atoms with Crippen LogP contribution in [-0.2, 0) is 17.8 Å². The van der Waals surface area contributed by atoms with E-state index in [0.717, 1.165) is 56.8 Å². The van der Waals surface area contributed by atoms with Crippen LogP contribution in [-0.4, -0.2) is 53.5 Å². The number of hydrogen-bond donors (Lipinski definition) is 1. The zero-order chi connectivity index (χ0) is 20.9. The molecular weight excluding hydrogens is 423 g/mol. The molecule has 1 fully saturated rings. The summed E-state index contributed by atoms with van der Waals surface area (Å²) >= 11 is 12.1. The van der Waals surface area contributed by atoms with E-state index in [1.165, 1.54) is 0 Å². The molecule has 3 aromatic rings. The summed E-state index contributed by atoms with van der Waals surface area (Å²) in [4.78, 5) is 2.39. The number of aryl methyl sites for hydroxylation is 1. The third-order valence-electron chi connectivity index (χ3n) is 5.40. The summed E-state index contributed by atoms with van der Waals surface area (Å²) in [5.74, 6) is 0.630. The number of rotatable bonds is 8. The summed E-state index contributed by atoms with van der Waals surface area (Å²) in [5.41, 5.74) is 2.69. The normalized spacial score (nSPS) is 15.0. The SMILES string of the molecule is N=c1n(CCCOc2ccc(Cl)cc2Cl)c2ccccc2n1CCN1CCOCC1. The van der Waals surface area contributed by atoms with Gasteiger partial charge in [-0.2, -0.15) is 0 Å². The van der Waals surface area contributed by atoms with Crippen molar-refractivity contribution in [2.75, 3.05) is 39.5 Å². The molecule has 1 N–H and O–H groups in total. The Balaban J connectivity index is 1.43. The van der Waals surface area contributed by atoms with Crippen molar-refractivity contribution in [3.8, 4) is 5.75 Å². The number of nitrogens with zero attached hydrogens (tertiary/aromatic N) is 3. The van der Waals surface area contributed by atoms with Gasteiger partial charge >= 0.3 is 0 Å². The van der Waals surface area contributed by atoms with Crippen LogP contribution < -0.4 is 10.4 Å². The average Bonchev–Trinajstić information content (AvgIpc) is 3.02. The van der Waals surface area contributed by atoms with Crippen molar-refractivity contribution in [2.45, 2.75) is 19.5 Å². The van der Waals surface area contributed by atoms with Crippen LogP contribution >= 0.6 is 23.2 Å². The number of benzene rings is 2. The first-order valence-corrected chi connectivity index (χ1v) is 11.0. The van der Waals surface area contributed by atoms with Crippen molar-refractivity contribution in [1.29, 1.82) is 5.41 Å². The first kappa shape index (κ1) is 21.2. The standard InChI is InChI=1S/C22H26Cl2N4O2/c23-17-6-7-21(18(24)16-17)30-13-3-8-27-19-4-1-2-5-20(19)28(22(27)25)10-9-26-11-14-29-15-12-26/h1-2,4-7,16,25H,3,8-15H2. The molecule has 0 atom stereocenters. The molecule has 0 saturated carbocycles. The minimum atomic E-state index is 0.510. The Kier molecular flexibility index (Phi) is 7.00. The van der Waals surface area contributed by atoms with Crippen LogP contribution in [0, 0.1) is 5.41 Å². The molecule has 1 aliphatic rings. The second-order valence-corrected chi connectivity index (χ2v) is 8.19. The van der Waals surface area contributed by atoms with E-state index in [4.69, 9.17) is 38.1 Å². The molecular formula is C22H26Cl2N4O2. The van der Waals surface area contributed by atoms with Crippen LogP contribution in [0.1, 0.15) is 6.42 Å². The summed E-state index contributed by atoms with van der Waals surface area (Å²) in [5, 5.41) is 9.86. The Morgan fingerprint density at radius 3 is 2.33 bits per heavy atom. The highest BCUT2D eigenvalue weighted by atomic mass is 35.5. The van der Waals surface area contributed by atoms with E-state index in [9.17, 15) is 0 Å². The minimum Gasteiger partial charge on any atom is -0.492 e. The van der Waals surface area contributed by atoms with Gasteiger partial charge in [0, 0.05) is 37.7 Å². The number of aromatic nitrogens is 2. The first-order chi connectivity index (χ1) is 14.6. The van der Waals surface area contributed by atoms with Crippen LogP contribution in [0.4, 0.5) is 0 Å². The van der Waals surface area contributed by atoms with Crippen LogP contribution in [0.15, 0.2) is 42.5 Å². The van der Waals surface area contributed by atoms with E-state index in [-0.39, 0.29) is 0 Å². The molecule has 0 radical (unpaired) electrons. The predicted octanol–water partition coefficient (Wildman–Crippen LogP) is 4.03. The van der Waals surface area contributed by atoms with E-state index in [0.29, 0.717) is 34.6 Å². The number of imidazole rings is 1. The lowest BCUT2D eigenvalue weighted by molar-refractivity contribution is 0.0363. The topological polar surface area (TPSA) is 55.4 Å². The van der Waals surface area contributed by atoms with E-state index < -0.39 is 0 Å². The molecule has 0 spiro atoms. The number of para-hydroxylation sites is 2. The number of halogens is 2. The molecule has 4 rings (SSSR count).